The summed E-state index contributed by atoms with van der Waals surface area (Å²) in [5, 5.41) is 12.8. The normalized spacial score (nSPS) is 20.0. The van der Waals surface area contributed by atoms with Crippen LogP contribution in [0, 0.1) is 11.2 Å². The summed E-state index contributed by atoms with van der Waals surface area (Å²) in [6.07, 6.45) is 2.65. The number of pyridine rings is 1. The topological polar surface area (TPSA) is 118 Å². The van der Waals surface area contributed by atoms with Gasteiger partial charge in [0.15, 0.2) is 5.82 Å². The van der Waals surface area contributed by atoms with E-state index < -0.39 is 11.7 Å². The predicted molar refractivity (Wildman–Crippen MR) is 126 cm³/mol. The fraction of sp³-hybridized carbons (Fsp3) is 0.280. The van der Waals surface area contributed by atoms with Crippen molar-refractivity contribution in [2.24, 2.45) is 5.41 Å². The monoisotopic (exact) mass is 476 g/mol. The number of aromatic amines is 1. The number of ether oxygens (including phenoxy) is 2. The van der Waals surface area contributed by atoms with Gasteiger partial charge in [-0.05, 0) is 42.5 Å². The molecule has 180 valence electrons. The molecule has 0 spiro atoms. The molecule has 4 aromatic rings. The second-order valence-electron chi connectivity index (χ2n) is 8.72. The number of nitrogens with zero attached hydrogens (tertiary/aromatic N) is 4. The molecule has 9 nitrogen and oxygen atoms in total. The number of rotatable bonds is 7. The van der Waals surface area contributed by atoms with Gasteiger partial charge in [0, 0.05) is 23.4 Å². The molecule has 0 aliphatic carbocycles. The fourth-order valence-corrected chi connectivity index (χ4v) is 3.65. The third-order valence-electron chi connectivity index (χ3n) is 5.68. The highest BCUT2D eigenvalue weighted by atomic mass is 19.1. The zero-order valence-corrected chi connectivity index (χ0v) is 19.1. The molecule has 1 saturated heterocycles. The molecule has 35 heavy (non-hydrogen) atoms. The summed E-state index contributed by atoms with van der Waals surface area (Å²) in [6.45, 7) is 2.97. The molecule has 10 heteroatoms. The van der Waals surface area contributed by atoms with Crippen LogP contribution >= 0.6 is 0 Å². The first-order valence-electron chi connectivity index (χ1n) is 11.2. The minimum Gasteiger partial charge on any atom is -0.396 e. The highest BCUT2D eigenvalue weighted by Gasteiger charge is 2.34. The summed E-state index contributed by atoms with van der Waals surface area (Å²) in [4.78, 5) is 21.3. The lowest BCUT2D eigenvalue weighted by atomic mass is 9.94. The predicted octanol–water partition coefficient (Wildman–Crippen LogP) is 3.72. The van der Waals surface area contributed by atoms with Crippen molar-refractivity contribution in [2.75, 3.05) is 25.1 Å². The number of H-pyrrole nitrogens is 1. The molecule has 0 bridgehead atoms. The Morgan fingerprint density at radius 3 is 2.57 bits per heavy atom. The maximum Gasteiger partial charge on any atom is 0.223 e. The second-order valence-corrected chi connectivity index (χ2v) is 8.72. The smallest absolute Gasteiger partial charge is 0.223 e. The van der Waals surface area contributed by atoms with E-state index in [-0.39, 0.29) is 12.4 Å². The largest absolute Gasteiger partial charge is 0.396 e. The third-order valence-corrected chi connectivity index (χ3v) is 5.68. The number of imidazole rings is 1. The first kappa shape index (κ1) is 23.0. The van der Waals surface area contributed by atoms with Crippen LogP contribution in [0.4, 0.5) is 10.3 Å². The number of anilines is 1. The van der Waals surface area contributed by atoms with Crippen LogP contribution in [0.25, 0.3) is 22.6 Å². The van der Waals surface area contributed by atoms with Crippen molar-refractivity contribution >= 4 is 5.95 Å². The highest BCUT2D eigenvalue weighted by molar-refractivity contribution is 5.77. The molecule has 0 amide bonds. The number of hydrogen-bond acceptors (Lipinski definition) is 8. The molecule has 4 heterocycles. The van der Waals surface area contributed by atoms with E-state index in [0.717, 1.165) is 5.69 Å². The van der Waals surface area contributed by atoms with Crippen molar-refractivity contribution in [2.45, 2.75) is 19.8 Å². The highest BCUT2D eigenvalue weighted by Crippen LogP contribution is 2.35. The van der Waals surface area contributed by atoms with Crippen LogP contribution in [0.15, 0.2) is 60.9 Å². The maximum atomic E-state index is 13.6. The Morgan fingerprint density at radius 1 is 1.06 bits per heavy atom. The van der Waals surface area contributed by atoms with Crippen molar-refractivity contribution in [3.63, 3.8) is 0 Å². The summed E-state index contributed by atoms with van der Waals surface area (Å²) in [5.41, 5.74) is 2.90. The Kier molecular flexibility index (Phi) is 6.49. The van der Waals surface area contributed by atoms with E-state index in [0.29, 0.717) is 54.2 Å². The number of nitrogens with one attached hydrogen (secondary N) is 2. The van der Waals surface area contributed by atoms with Crippen LogP contribution < -0.4 is 5.32 Å². The zero-order valence-electron chi connectivity index (χ0n) is 19.1. The molecule has 0 radical (unpaired) electrons. The van der Waals surface area contributed by atoms with Gasteiger partial charge < -0.3 is 24.9 Å². The van der Waals surface area contributed by atoms with E-state index in [1.165, 1.54) is 12.1 Å². The molecule has 3 aromatic heterocycles. The Labute approximate surface area is 201 Å². The first-order valence-corrected chi connectivity index (χ1v) is 11.2. The molecular formula is C25H25FN6O3. The third kappa shape index (κ3) is 5.19. The van der Waals surface area contributed by atoms with Crippen molar-refractivity contribution in [1.29, 1.82) is 0 Å². The molecule has 1 aliphatic heterocycles. The van der Waals surface area contributed by atoms with Crippen LogP contribution in [0.3, 0.4) is 0 Å². The van der Waals surface area contributed by atoms with E-state index >= 15 is 0 Å². The Hall–Kier alpha value is -3.73. The van der Waals surface area contributed by atoms with Gasteiger partial charge in [-0.1, -0.05) is 13.0 Å². The molecule has 1 aliphatic rings. The van der Waals surface area contributed by atoms with Crippen LogP contribution in [-0.4, -0.2) is 49.8 Å². The van der Waals surface area contributed by atoms with Gasteiger partial charge in [0.1, 0.15) is 5.82 Å². The molecule has 1 aromatic carbocycles. The summed E-state index contributed by atoms with van der Waals surface area (Å²) >= 11 is 0. The van der Waals surface area contributed by atoms with Gasteiger partial charge in [-0.15, -0.1) is 0 Å². The lowest BCUT2D eigenvalue weighted by Gasteiger charge is -2.35. The van der Waals surface area contributed by atoms with Crippen LogP contribution in [0.1, 0.15) is 24.7 Å². The van der Waals surface area contributed by atoms with Gasteiger partial charge >= 0.3 is 0 Å². The summed E-state index contributed by atoms with van der Waals surface area (Å²) in [7, 11) is 0. The van der Waals surface area contributed by atoms with Gasteiger partial charge in [-0.25, -0.2) is 19.3 Å². The summed E-state index contributed by atoms with van der Waals surface area (Å²) in [5.74, 6) is 0.551. The lowest BCUT2D eigenvalue weighted by Crippen LogP contribution is -2.39. The average Bonchev–Trinajstić information content (AvgIpc) is 3.35. The Bertz CT molecular complexity index is 1270. The zero-order chi connectivity index (χ0) is 24.3. The van der Waals surface area contributed by atoms with Crippen molar-refractivity contribution in [3.8, 4) is 22.6 Å². The Morgan fingerprint density at radius 2 is 1.86 bits per heavy atom. The number of aromatic nitrogens is 5. The molecule has 1 fully saturated rings. The van der Waals surface area contributed by atoms with Crippen LogP contribution in [-0.2, 0) is 16.0 Å². The van der Waals surface area contributed by atoms with Gasteiger partial charge in [-0.2, -0.15) is 0 Å². The first-order chi connectivity index (χ1) is 17.0. The minimum atomic E-state index is -0.730. The Balaban J connectivity index is 1.46. The summed E-state index contributed by atoms with van der Waals surface area (Å²) in [6, 6.07) is 13.5. The van der Waals surface area contributed by atoms with Crippen molar-refractivity contribution < 1.29 is 19.0 Å². The number of halogens is 1. The number of benzene rings is 1. The van der Waals surface area contributed by atoms with Crippen LogP contribution in [0.5, 0.6) is 0 Å². The SMILES string of the molecule is CC1(CO)COC(c2nc(-c3ccc(F)cc3)c(-c3ccnc(NCc4ccccn4)n3)[nH]2)OC1. The maximum absolute atomic E-state index is 13.6. The summed E-state index contributed by atoms with van der Waals surface area (Å²) < 4.78 is 25.3. The van der Waals surface area contributed by atoms with Gasteiger partial charge in [-0.3, -0.25) is 4.98 Å². The molecule has 0 saturated carbocycles. The molecule has 0 atom stereocenters. The quantitative estimate of drug-likeness (QED) is 0.369. The minimum absolute atomic E-state index is 0.0425. The fourth-order valence-electron chi connectivity index (χ4n) is 3.65. The standard InChI is InChI=1S/C25H25FN6O3/c1-25(13-33)14-34-23(35-15-25)22-31-20(16-5-7-17(26)8-6-16)21(32-22)19-9-11-28-24(30-19)29-12-18-4-2-3-10-27-18/h2-11,23,33H,12-15H2,1H3,(H,31,32)(H,28,29,30). The van der Waals surface area contributed by atoms with E-state index in [4.69, 9.17) is 14.5 Å². The molecular weight excluding hydrogens is 451 g/mol. The number of hydrogen-bond donors (Lipinski definition) is 3. The molecule has 3 N–H and O–H groups in total. The van der Waals surface area contributed by atoms with E-state index in [1.807, 2.05) is 25.1 Å². The van der Waals surface area contributed by atoms with Crippen molar-refractivity contribution in [3.05, 3.63) is 78.3 Å². The van der Waals surface area contributed by atoms with Gasteiger partial charge in [0.25, 0.3) is 0 Å². The molecule has 0 unspecified atom stereocenters. The lowest BCUT2D eigenvalue weighted by molar-refractivity contribution is -0.239. The van der Waals surface area contributed by atoms with Gasteiger partial charge in [0.05, 0.1) is 49.1 Å². The van der Waals surface area contributed by atoms with Gasteiger partial charge in [0.2, 0.25) is 12.2 Å². The van der Waals surface area contributed by atoms with Crippen LogP contribution in [0.2, 0.25) is 0 Å². The number of aliphatic hydroxyl groups is 1. The van der Waals surface area contributed by atoms with E-state index in [1.54, 1.807) is 30.6 Å². The average molecular weight is 477 g/mol. The second kappa shape index (κ2) is 9.87. The van der Waals surface area contributed by atoms with E-state index in [9.17, 15) is 9.50 Å². The van der Waals surface area contributed by atoms with E-state index in [2.05, 4.69) is 25.3 Å². The van der Waals surface area contributed by atoms with Crippen molar-refractivity contribution in [1.82, 2.24) is 24.9 Å². The number of aliphatic hydroxyl groups excluding tert-OH is 1. The molecule has 5 rings (SSSR count).